The molecule has 22 heavy (non-hydrogen) atoms. The zero-order valence-electron chi connectivity index (χ0n) is 12.3. The highest BCUT2D eigenvalue weighted by atomic mass is 32.2. The zero-order valence-corrected chi connectivity index (χ0v) is 13.9. The Morgan fingerprint density at radius 2 is 2.23 bits per heavy atom. The van der Waals surface area contributed by atoms with Gasteiger partial charge in [0.05, 0.1) is 23.4 Å². The van der Waals surface area contributed by atoms with Crippen LogP contribution < -0.4 is 0 Å². The van der Waals surface area contributed by atoms with Crippen LogP contribution in [-0.2, 0) is 10.0 Å². The molecule has 9 heteroatoms. The quantitative estimate of drug-likeness (QED) is 0.824. The van der Waals surface area contributed by atoms with E-state index < -0.39 is 21.7 Å². The van der Waals surface area contributed by atoms with Gasteiger partial charge in [-0.3, -0.25) is 4.79 Å². The number of hydrogen-bond donors (Lipinski definition) is 1. The number of aromatic nitrogens is 1. The standard InChI is InChI=1S/C13H19N3O4S2/c1-22(19,20)16-5-2-3-13(16)4-6-15(7-11(13)17)12(18)10-8-21-9-14-10/h8-9,11,17H,2-7H2,1H3/t11-,13-/m0/s1. The second-order valence-corrected chi connectivity index (χ2v) is 8.56. The molecule has 1 aromatic rings. The molecule has 3 heterocycles. The number of likely N-dealkylation sites (tertiary alicyclic amines) is 1. The summed E-state index contributed by atoms with van der Waals surface area (Å²) in [5, 5.41) is 12.3. The van der Waals surface area contributed by atoms with E-state index in [1.807, 2.05) is 0 Å². The number of aliphatic hydroxyl groups is 1. The van der Waals surface area contributed by atoms with Crippen LogP contribution in [0.25, 0.3) is 0 Å². The van der Waals surface area contributed by atoms with Gasteiger partial charge in [-0.1, -0.05) is 0 Å². The van der Waals surface area contributed by atoms with Crippen molar-refractivity contribution in [3.63, 3.8) is 0 Å². The van der Waals surface area contributed by atoms with Gasteiger partial charge >= 0.3 is 0 Å². The predicted octanol–water partition coefficient (Wildman–Crippen LogP) is 0.144. The largest absolute Gasteiger partial charge is 0.389 e. The number of carbonyl (C=O) groups is 1. The monoisotopic (exact) mass is 345 g/mol. The van der Waals surface area contributed by atoms with Crippen LogP contribution in [0.4, 0.5) is 0 Å². The minimum Gasteiger partial charge on any atom is -0.389 e. The molecule has 0 radical (unpaired) electrons. The van der Waals surface area contributed by atoms with Crippen LogP contribution in [-0.4, -0.2) is 71.2 Å². The first-order valence-corrected chi connectivity index (χ1v) is 9.97. The third kappa shape index (κ3) is 2.55. The van der Waals surface area contributed by atoms with Crippen LogP contribution in [0.15, 0.2) is 10.9 Å². The van der Waals surface area contributed by atoms with Gasteiger partial charge in [0.1, 0.15) is 5.69 Å². The van der Waals surface area contributed by atoms with Crippen molar-refractivity contribution in [2.75, 3.05) is 25.9 Å². The average molecular weight is 345 g/mol. The molecule has 2 atom stereocenters. The Morgan fingerprint density at radius 1 is 1.45 bits per heavy atom. The highest BCUT2D eigenvalue weighted by Gasteiger charge is 2.53. The summed E-state index contributed by atoms with van der Waals surface area (Å²) in [4.78, 5) is 17.9. The lowest BCUT2D eigenvalue weighted by molar-refractivity contribution is -0.0293. The van der Waals surface area contributed by atoms with Crippen LogP contribution in [0.1, 0.15) is 29.8 Å². The number of sulfonamides is 1. The molecule has 0 saturated carbocycles. The SMILES string of the molecule is CS(=O)(=O)N1CCC[C@@]12CCN(C(=O)c1cscn1)C[C@@H]2O. The molecule has 1 spiro atoms. The van der Waals surface area contributed by atoms with Gasteiger partial charge in [-0.2, -0.15) is 4.31 Å². The number of piperidine rings is 1. The van der Waals surface area contributed by atoms with E-state index in [-0.39, 0.29) is 12.5 Å². The molecule has 0 bridgehead atoms. The minimum absolute atomic E-state index is 0.141. The Hall–Kier alpha value is -1.03. The molecule has 0 aliphatic carbocycles. The molecular weight excluding hydrogens is 326 g/mol. The molecule has 1 amide bonds. The van der Waals surface area contributed by atoms with Gasteiger partial charge < -0.3 is 10.0 Å². The maximum Gasteiger partial charge on any atom is 0.273 e. The number of carbonyl (C=O) groups excluding carboxylic acids is 1. The lowest BCUT2D eigenvalue weighted by Crippen LogP contribution is -2.63. The van der Waals surface area contributed by atoms with Gasteiger partial charge in [0, 0.05) is 25.0 Å². The van der Waals surface area contributed by atoms with E-state index in [1.165, 1.54) is 21.9 Å². The number of aliphatic hydroxyl groups excluding tert-OH is 1. The van der Waals surface area contributed by atoms with Crippen molar-refractivity contribution in [3.05, 3.63) is 16.6 Å². The molecule has 7 nitrogen and oxygen atoms in total. The maximum absolute atomic E-state index is 12.3. The van der Waals surface area contributed by atoms with Gasteiger partial charge in [0.15, 0.2) is 0 Å². The van der Waals surface area contributed by atoms with Crippen molar-refractivity contribution < 1.29 is 18.3 Å². The number of hydrogen-bond acceptors (Lipinski definition) is 6. The molecule has 1 aromatic heterocycles. The van der Waals surface area contributed by atoms with E-state index in [0.29, 0.717) is 31.6 Å². The number of thiazole rings is 1. The topological polar surface area (TPSA) is 90.8 Å². The molecule has 2 fully saturated rings. The molecule has 122 valence electrons. The van der Waals surface area contributed by atoms with E-state index in [4.69, 9.17) is 0 Å². The van der Waals surface area contributed by atoms with Gasteiger partial charge in [0.2, 0.25) is 10.0 Å². The zero-order chi connectivity index (χ0) is 16.0. The Labute approximate surface area is 133 Å². The second kappa shape index (κ2) is 5.55. The summed E-state index contributed by atoms with van der Waals surface area (Å²) >= 11 is 1.35. The molecule has 2 saturated heterocycles. The van der Waals surface area contributed by atoms with E-state index >= 15 is 0 Å². The van der Waals surface area contributed by atoms with E-state index in [2.05, 4.69) is 4.98 Å². The second-order valence-electron chi connectivity index (χ2n) is 5.93. The predicted molar refractivity (Wildman–Crippen MR) is 82.2 cm³/mol. The summed E-state index contributed by atoms with van der Waals surface area (Å²) in [5.41, 5.74) is 1.21. The highest BCUT2D eigenvalue weighted by Crippen LogP contribution is 2.40. The van der Waals surface area contributed by atoms with E-state index in [1.54, 1.807) is 15.8 Å². The fourth-order valence-electron chi connectivity index (χ4n) is 3.58. The first-order chi connectivity index (χ1) is 10.3. The molecule has 2 aliphatic heterocycles. The number of nitrogens with zero attached hydrogens (tertiary/aromatic N) is 3. The van der Waals surface area contributed by atoms with E-state index in [0.717, 1.165) is 6.42 Å². The molecule has 1 N–H and O–H groups in total. The fourth-order valence-corrected chi connectivity index (χ4v) is 5.54. The van der Waals surface area contributed by atoms with Crippen molar-refractivity contribution in [1.82, 2.24) is 14.2 Å². The Morgan fingerprint density at radius 3 is 2.82 bits per heavy atom. The molecule has 0 aromatic carbocycles. The summed E-state index contributed by atoms with van der Waals surface area (Å²) in [5.74, 6) is -0.209. The summed E-state index contributed by atoms with van der Waals surface area (Å²) in [6.45, 7) is 1.01. The molecule has 0 unspecified atom stereocenters. The Balaban J connectivity index is 1.79. The maximum atomic E-state index is 12.3. The lowest BCUT2D eigenvalue weighted by Gasteiger charge is -2.47. The summed E-state index contributed by atoms with van der Waals surface area (Å²) in [6, 6.07) is 0. The van der Waals surface area contributed by atoms with E-state index in [9.17, 15) is 18.3 Å². The summed E-state index contributed by atoms with van der Waals surface area (Å²) < 4.78 is 25.4. The number of amides is 1. The smallest absolute Gasteiger partial charge is 0.273 e. The third-order valence-electron chi connectivity index (χ3n) is 4.63. The van der Waals surface area contributed by atoms with Gasteiger partial charge in [-0.15, -0.1) is 11.3 Å². The van der Waals surface area contributed by atoms with Gasteiger partial charge in [-0.05, 0) is 19.3 Å². The average Bonchev–Trinajstić information content (AvgIpc) is 3.10. The van der Waals surface area contributed by atoms with Crippen LogP contribution in [0.3, 0.4) is 0 Å². The minimum atomic E-state index is -3.37. The van der Waals surface area contributed by atoms with Crippen LogP contribution in [0, 0.1) is 0 Å². The van der Waals surface area contributed by atoms with Gasteiger partial charge in [0.25, 0.3) is 5.91 Å². The van der Waals surface area contributed by atoms with Gasteiger partial charge in [-0.25, -0.2) is 13.4 Å². The van der Waals surface area contributed by atoms with Crippen molar-refractivity contribution in [1.29, 1.82) is 0 Å². The molecule has 3 rings (SSSR count). The van der Waals surface area contributed by atoms with Crippen LogP contribution >= 0.6 is 11.3 Å². The Bertz CT molecular complexity index is 661. The summed E-state index contributed by atoms with van der Waals surface area (Å²) in [7, 11) is -3.37. The van der Waals surface area contributed by atoms with Crippen molar-refractivity contribution in [3.8, 4) is 0 Å². The third-order valence-corrected chi connectivity index (χ3v) is 6.57. The number of rotatable bonds is 2. The fraction of sp³-hybridized carbons (Fsp3) is 0.692. The molecule has 2 aliphatic rings. The first-order valence-electron chi connectivity index (χ1n) is 7.18. The molecular formula is C13H19N3O4S2. The lowest BCUT2D eigenvalue weighted by atomic mass is 9.83. The van der Waals surface area contributed by atoms with Crippen molar-refractivity contribution >= 4 is 27.3 Å². The highest BCUT2D eigenvalue weighted by molar-refractivity contribution is 7.88. The van der Waals surface area contributed by atoms with Crippen LogP contribution in [0.2, 0.25) is 0 Å². The normalized spacial score (nSPS) is 30.1. The van der Waals surface area contributed by atoms with Crippen LogP contribution in [0.5, 0.6) is 0 Å². The van der Waals surface area contributed by atoms with Crippen molar-refractivity contribution in [2.45, 2.75) is 30.9 Å². The first kappa shape index (κ1) is 15.9. The Kier molecular flexibility index (Phi) is 4.00. The van der Waals surface area contributed by atoms with Crippen molar-refractivity contribution in [2.24, 2.45) is 0 Å². The summed E-state index contributed by atoms with van der Waals surface area (Å²) in [6.07, 6.45) is 2.14. The number of β-amino-alcohol motifs (C(OH)–C–C–N with tert-alkyl or cyclic N) is 1.